The van der Waals surface area contributed by atoms with E-state index in [-0.39, 0.29) is 85.0 Å². The van der Waals surface area contributed by atoms with Gasteiger partial charge in [-0.1, -0.05) is 0 Å². The maximum Gasteiger partial charge on any atom is 0.416 e. The van der Waals surface area contributed by atoms with E-state index < -0.39 is 70.3 Å². The zero-order valence-corrected chi connectivity index (χ0v) is 35.6. The van der Waals surface area contributed by atoms with Crippen LogP contribution in [0, 0.1) is 5.92 Å². The summed E-state index contributed by atoms with van der Waals surface area (Å²) in [5, 5.41) is 16.1. The van der Waals surface area contributed by atoms with Gasteiger partial charge in [0.05, 0.1) is 22.5 Å². The van der Waals surface area contributed by atoms with Gasteiger partial charge < -0.3 is 59.6 Å². The van der Waals surface area contributed by atoms with Gasteiger partial charge in [0.25, 0.3) is 11.8 Å². The number of rotatable bonds is 20. The molecule has 1 aromatic heterocycles. The van der Waals surface area contributed by atoms with Crippen molar-refractivity contribution in [2.75, 3.05) is 60.5 Å². The molecule has 0 saturated carbocycles. The van der Waals surface area contributed by atoms with Crippen LogP contribution in [0.15, 0.2) is 46.6 Å². The summed E-state index contributed by atoms with van der Waals surface area (Å²) in [6.07, 6.45) is -7.14. The van der Waals surface area contributed by atoms with Crippen LogP contribution in [0.2, 0.25) is 0 Å². The third-order valence-corrected chi connectivity index (χ3v) is 10.3. The highest BCUT2D eigenvalue weighted by molar-refractivity contribution is 6.08. The Morgan fingerprint density at radius 3 is 1.61 bits per heavy atom. The second kappa shape index (κ2) is 22.9. The van der Waals surface area contributed by atoms with Crippen molar-refractivity contribution in [3.63, 3.8) is 0 Å². The lowest BCUT2D eigenvalue weighted by Gasteiger charge is -2.22. The fourth-order valence-electron chi connectivity index (χ4n) is 7.07. The van der Waals surface area contributed by atoms with Crippen LogP contribution in [-0.4, -0.2) is 90.9 Å². The Morgan fingerprint density at radius 2 is 1.12 bits per heavy atom. The molecule has 2 fully saturated rings. The summed E-state index contributed by atoms with van der Waals surface area (Å²) in [5.74, 6) is -4.08. The predicted octanol–water partition coefficient (Wildman–Crippen LogP) is 3.68. The third kappa shape index (κ3) is 15.2. The second-order valence-electron chi connectivity index (χ2n) is 15.6. The molecule has 4 amide bonds. The maximum absolute atomic E-state index is 14.3. The summed E-state index contributed by atoms with van der Waals surface area (Å²) in [6, 6.07) is 3.71. The Hall–Kier alpha value is -6.76. The Bertz CT molecular complexity index is 2120. The largest absolute Gasteiger partial charge is 0.485 e. The standard InChI is InChI=1S/C41H52F6N14O5/c42-40(43,44)23-14-27(58-33(62)5-1-3-9-54-38(48)49)26(13-22-7-11-52-19-22)28(15-23)60-36(64)31-18-32(57-21-56-31)37(65)61-30-17-24(41(45,46)47)16-29(35(30)66-25-8-12-53-20-25)59-34(63)6-2-4-10-55-39(50)51/h14-18,21-22,25,52-53H,1-13,19-20H2,(H,58,62)(H,59,63)(H,60,64)(H,61,65)(H4,48,49,54)(H4,50,51,55). The number of unbranched alkanes of at least 4 members (excludes halogenated alkanes) is 2. The smallest absolute Gasteiger partial charge is 0.416 e. The van der Waals surface area contributed by atoms with Crippen LogP contribution >= 0.6 is 0 Å². The number of hydrogen-bond acceptors (Lipinski definition) is 11. The van der Waals surface area contributed by atoms with Gasteiger partial charge >= 0.3 is 12.4 Å². The molecule has 0 aliphatic carbocycles. The van der Waals surface area contributed by atoms with E-state index in [1.54, 1.807) is 0 Å². The van der Waals surface area contributed by atoms with E-state index in [0.29, 0.717) is 70.4 Å². The van der Waals surface area contributed by atoms with Gasteiger partial charge in [0.15, 0.2) is 17.7 Å². The number of aromatic nitrogens is 2. The van der Waals surface area contributed by atoms with Gasteiger partial charge in [-0.2, -0.15) is 26.3 Å². The number of nitrogens with two attached hydrogens (primary N) is 4. The van der Waals surface area contributed by atoms with Gasteiger partial charge in [-0.15, -0.1) is 0 Å². The number of carbonyl (C=O) groups excluding carboxylic acids is 4. The van der Waals surface area contributed by atoms with E-state index in [2.05, 4.69) is 51.9 Å². The minimum atomic E-state index is -4.96. The van der Waals surface area contributed by atoms with E-state index in [0.717, 1.165) is 24.5 Å². The van der Waals surface area contributed by atoms with Gasteiger partial charge in [0.2, 0.25) is 11.8 Å². The number of nitrogens with one attached hydrogen (secondary N) is 6. The van der Waals surface area contributed by atoms with Crippen molar-refractivity contribution in [2.45, 2.75) is 76.2 Å². The van der Waals surface area contributed by atoms with Crippen LogP contribution in [0.1, 0.15) is 89.0 Å². The van der Waals surface area contributed by atoms with Crippen LogP contribution < -0.4 is 59.6 Å². The zero-order valence-electron chi connectivity index (χ0n) is 35.6. The summed E-state index contributed by atoms with van der Waals surface area (Å²) in [4.78, 5) is 69.1. The highest BCUT2D eigenvalue weighted by Crippen LogP contribution is 2.42. The number of ether oxygens (including phenoxy) is 1. The molecule has 3 heterocycles. The van der Waals surface area contributed by atoms with Crippen molar-refractivity contribution in [1.29, 1.82) is 0 Å². The summed E-state index contributed by atoms with van der Waals surface area (Å²) in [5.41, 5.74) is 16.7. The Kier molecular flexibility index (Phi) is 17.4. The van der Waals surface area contributed by atoms with Crippen LogP contribution in [0.4, 0.5) is 49.1 Å². The molecule has 2 aliphatic rings. The van der Waals surface area contributed by atoms with E-state index in [1.165, 1.54) is 0 Å². The predicted molar refractivity (Wildman–Crippen MR) is 234 cm³/mol. The van der Waals surface area contributed by atoms with Crippen LogP contribution in [0.5, 0.6) is 5.75 Å². The molecule has 14 N–H and O–H groups in total. The topological polar surface area (TPSA) is 304 Å². The average molecular weight is 935 g/mol. The minimum absolute atomic E-state index is 0.0707. The Labute approximate surface area is 374 Å². The number of aliphatic imine (C=N–C) groups is 2. The monoisotopic (exact) mass is 934 g/mol. The SMILES string of the molecule is NC(N)=NCCCCC(=O)Nc1cc(C(F)(F)F)cc(NC(=O)c2cc(C(=O)Nc3cc(C(F)(F)F)cc(NC(=O)CCCCN=C(N)N)c3OC3CCNC3)ncn2)c1CC1CCNC1. The molecule has 0 bridgehead atoms. The fourth-order valence-corrected chi connectivity index (χ4v) is 7.07. The van der Waals surface area contributed by atoms with E-state index in [4.69, 9.17) is 27.7 Å². The van der Waals surface area contributed by atoms with Crippen LogP contribution in [0.3, 0.4) is 0 Å². The van der Waals surface area contributed by atoms with Crippen molar-refractivity contribution in [1.82, 2.24) is 20.6 Å². The van der Waals surface area contributed by atoms with E-state index in [9.17, 15) is 45.5 Å². The normalized spacial score (nSPS) is 16.0. The lowest BCUT2D eigenvalue weighted by atomic mass is 9.94. The summed E-state index contributed by atoms with van der Waals surface area (Å²) >= 11 is 0. The molecule has 5 rings (SSSR count). The lowest BCUT2D eigenvalue weighted by Crippen LogP contribution is -2.24. The van der Waals surface area contributed by atoms with E-state index >= 15 is 0 Å². The minimum Gasteiger partial charge on any atom is -0.485 e. The molecule has 2 aliphatic heterocycles. The summed E-state index contributed by atoms with van der Waals surface area (Å²) < 4.78 is 92.0. The number of hydrogen-bond donors (Lipinski definition) is 10. The third-order valence-electron chi connectivity index (χ3n) is 10.3. The first kappa shape index (κ1) is 50.2. The summed E-state index contributed by atoms with van der Waals surface area (Å²) in [7, 11) is 0. The lowest BCUT2D eigenvalue weighted by molar-refractivity contribution is -0.138. The molecule has 0 spiro atoms. The maximum atomic E-state index is 14.3. The molecule has 19 nitrogen and oxygen atoms in total. The number of carbonyl (C=O) groups is 4. The molecule has 2 atom stereocenters. The molecule has 2 saturated heterocycles. The molecule has 2 aromatic carbocycles. The number of nitrogens with zero attached hydrogens (tertiary/aromatic N) is 4. The quantitative estimate of drug-likeness (QED) is 0.0335. The highest BCUT2D eigenvalue weighted by atomic mass is 19.4. The zero-order chi connectivity index (χ0) is 48.0. The molecule has 66 heavy (non-hydrogen) atoms. The van der Waals surface area contributed by atoms with Crippen molar-refractivity contribution >= 4 is 58.3 Å². The van der Waals surface area contributed by atoms with Crippen LogP contribution in [0.25, 0.3) is 0 Å². The first-order chi connectivity index (χ1) is 31.3. The fraction of sp³-hybridized carbons (Fsp3) is 0.463. The Balaban J connectivity index is 1.43. The van der Waals surface area contributed by atoms with Gasteiger partial charge in [0.1, 0.15) is 23.8 Å². The molecule has 0 radical (unpaired) electrons. The van der Waals surface area contributed by atoms with Gasteiger partial charge in [-0.05, 0) is 100 Å². The van der Waals surface area contributed by atoms with E-state index in [1.807, 2.05) is 0 Å². The first-order valence-corrected chi connectivity index (χ1v) is 21.0. The number of amides is 4. The second-order valence-corrected chi connectivity index (χ2v) is 15.6. The van der Waals surface area contributed by atoms with Crippen molar-refractivity contribution in [2.24, 2.45) is 38.8 Å². The van der Waals surface area contributed by atoms with Crippen LogP contribution in [-0.2, 0) is 28.4 Å². The number of halogens is 6. The first-order valence-electron chi connectivity index (χ1n) is 21.0. The van der Waals surface area contributed by atoms with Gasteiger partial charge in [-0.3, -0.25) is 29.2 Å². The number of benzene rings is 2. The molecule has 358 valence electrons. The highest BCUT2D eigenvalue weighted by Gasteiger charge is 2.35. The van der Waals surface area contributed by atoms with Crippen molar-refractivity contribution in [3.05, 3.63) is 64.7 Å². The molecule has 3 aromatic rings. The molecular formula is C41H52F6N14O5. The molecular weight excluding hydrogens is 883 g/mol. The molecule has 2 unspecified atom stereocenters. The number of alkyl halides is 6. The van der Waals surface area contributed by atoms with Crippen molar-refractivity contribution in [3.8, 4) is 5.75 Å². The molecule has 25 heteroatoms. The van der Waals surface area contributed by atoms with Gasteiger partial charge in [-0.25, -0.2) is 9.97 Å². The van der Waals surface area contributed by atoms with Gasteiger partial charge in [0, 0.05) is 49.9 Å². The number of anilines is 4. The average Bonchev–Trinajstić information content (AvgIpc) is 3.97. The summed E-state index contributed by atoms with van der Waals surface area (Å²) in [6.45, 7) is 2.45. The van der Waals surface area contributed by atoms with Crippen molar-refractivity contribution < 1.29 is 50.3 Å². The Morgan fingerprint density at radius 1 is 0.652 bits per heavy atom. The number of guanidine groups is 2.